The predicted molar refractivity (Wildman–Crippen MR) is 84.3 cm³/mol. The molecule has 0 bridgehead atoms. The maximum atomic E-state index is 12.0. The van der Waals surface area contributed by atoms with Gasteiger partial charge in [0.25, 0.3) is 0 Å². The lowest BCUT2D eigenvalue weighted by atomic mass is 9.95. The third-order valence-corrected chi connectivity index (χ3v) is 4.99. The topological polar surface area (TPSA) is 105 Å². The van der Waals surface area contributed by atoms with Crippen molar-refractivity contribution in [3.63, 3.8) is 0 Å². The number of carbonyl (C=O) groups is 3. The summed E-state index contributed by atoms with van der Waals surface area (Å²) in [6.45, 7) is 1.63. The van der Waals surface area contributed by atoms with Crippen LogP contribution in [0.5, 0.6) is 0 Å². The molecule has 0 saturated heterocycles. The predicted octanol–water partition coefficient (Wildman–Crippen LogP) is 1.65. The summed E-state index contributed by atoms with van der Waals surface area (Å²) in [5.74, 6) is -1.11. The van der Waals surface area contributed by atoms with Gasteiger partial charge in [0.05, 0.1) is 5.92 Å². The molecule has 0 aliphatic carbocycles. The van der Waals surface area contributed by atoms with E-state index in [-0.39, 0.29) is 18.2 Å². The van der Waals surface area contributed by atoms with Gasteiger partial charge in [0.1, 0.15) is 0 Å². The fourth-order valence-corrected chi connectivity index (χ4v) is 3.13. The molecule has 1 aromatic heterocycles. The average Bonchev–Trinajstić information content (AvgIpc) is 2.92. The molecule has 0 spiro atoms. The van der Waals surface area contributed by atoms with Crippen LogP contribution in [0.2, 0.25) is 0 Å². The zero-order chi connectivity index (χ0) is 16.3. The summed E-state index contributed by atoms with van der Waals surface area (Å²) in [5.41, 5.74) is 0.446. The van der Waals surface area contributed by atoms with Crippen LogP contribution in [-0.4, -0.2) is 52.0 Å². The Morgan fingerprint density at radius 2 is 2.14 bits per heavy atom. The summed E-state index contributed by atoms with van der Waals surface area (Å²) in [6, 6.07) is -0.568. The largest absolute Gasteiger partial charge is 0.349 e. The molecule has 0 radical (unpaired) electrons. The van der Waals surface area contributed by atoms with Gasteiger partial charge >= 0.3 is 6.03 Å². The fraction of sp³-hybridized carbons (Fsp3) is 0.500. The summed E-state index contributed by atoms with van der Waals surface area (Å²) in [5, 5.41) is 10.8. The summed E-state index contributed by atoms with van der Waals surface area (Å²) in [6.07, 6.45) is 2.31. The molecule has 8 nitrogen and oxygen atoms in total. The molecular weight excluding hydrogens is 326 g/mol. The van der Waals surface area contributed by atoms with E-state index in [1.807, 2.05) is 6.26 Å². The summed E-state index contributed by atoms with van der Waals surface area (Å²) < 4.78 is 0.765. The number of aliphatic imine (C=N–C) groups is 1. The lowest BCUT2D eigenvalue weighted by molar-refractivity contribution is -0.129. The van der Waals surface area contributed by atoms with E-state index in [0.717, 1.165) is 9.24 Å². The molecule has 0 fully saturated rings. The summed E-state index contributed by atoms with van der Waals surface area (Å²) >= 11 is 2.74. The average molecular weight is 341 g/mol. The van der Waals surface area contributed by atoms with Crippen molar-refractivity contribution in [3.05, 3.63) is 0 Å². The number of rotatable bonds is 5. The maximum Gasteiger partial charge on any atom is 0.349 e. The van der Waals surface area contributed by atoms with E-state index in [1.165, 1.54) is 30.1 Å². The van der Waals surface area contributed by atoms with Gasteiger partial charge in [-0.2, -0.15) is 0 Å². The van der Waals surface area contributed by atoms with E-state index in [2.05, 4.69) is 20.5 Å². The van der Waals surface area contributed by atoms with Crippen LogP contribution in [-0.2, 0) is 9.59 Å². The number of thioether (sulfide) groups is 1. The zero-order valence-corrected chi connectivity index (χ0v) is 14.0. The van der Waals surface area contributed by atoms with Gasteiger partial charge in [-0.25, -0.2) is 9.79 Å². The van der Waals surface area contributed by atoms with Gasteiger partial charge in [-0.1, -0.05) is 23.1 Å². The first-order valence-corrected chi connectivity index (χ1v) is 8.50. The number of nitrogens with zero attached hydrogens (tertiary/aromatic N) is 4. The number of imide groups is 1. The van der Waals surface area contributed by atoms with Gasteiger partial charge in [-0.15, -0.1) is 10.2 Å². The number of hydrogen-bond donors (Lipinski definition) is 1. The minimum absolute atomic E-state index is 0.138. The lowest BCUT2D eigenvalue weighted by Gasteiger charge is -2.25. The van der Waals surface area contributed by atoms with Crippen LogP contribution in [0.4, 0.5) is 9.93 Å². The second kappa shape index (κ2) is 6.97. The number of carbonyl (C=O) groups excluding carboxylic acids is 3. The van der Waals surface area contributed by atoms with Crippen molar-refractivity contribution in [2.24, 2.45) is 10.9 Å². The van der Waals surface area contributed by atoms with Crippen molar-refractivity contribution in [3.8, 4) is 0 Å². The SMILES string of the molecule is CSc1nnc(NC(=O)CCC2C(=O)N(C)C(=O)N=C2C)s1. The van der Waals surface area contributed by atoms with Crippen molar-refractivity contribution >= 4 is 51.8 Å². The van der Waals surface area contributed by atoms with Crippen LogP contribution in [0.15, 0.2) is 9.33 Å². The van der Waals surface area contributed by atoms with Crippen molar-refractivity contribution in [1.29, 1.82) is 0 Å². The Balaban J connectivity index is 1.92. The third-order valence-electron chi connectivity index (χ3n) is 3.18. The number of aromatic nitrogens is 2. The second-order valence-corrected chi connectivity index (χ2v) is 6.68. The molecule has 1 aromatic rings. The Labute approximate surface area is 135 Å². The van der Waals surface area contributed by atoms with Gasteiger partial charge in [-0.3, -0.25) is 14.5 Å². The molecule has 1 N–H and O–H groups in total. The minimum Gasteiger partial charge on any atom is -0.301 e. The monoisotopic (exact) mass is 341 g/mol. The normalized spacial score (nSPS) is 18.4. The van der Waals surface area contributed by atoms with Crippen molar-refractivity contribution in [1.82, 2.24) is 15.1 Å². The second-order valence-electron chi connectivity index (χ2n) is 4.65. The maximum absolute atomic E-state index is 12.0. The van der Waals surface area contributed by atoms with Crippen LogP contribution < -0.4 is 5.32 Å². The molecule has 0 saturated carbocycles. The molecule has 118 valence electrons. The first kappa shape index (κ1) is 16.6. The Morgan fingerprint density at radius 1 is 1.41 bits per heavy atom. The van der Waals surface area contributed by atoms with Crippen LogP contribution in [0, 0.1) is 5.92 Å². The number of nitrogens with one attached hydrogen (secondary N) is 1. The standard InChI is InChI=1S/C12H15N5O3S2/c1-6-7(9(19)17(2)11(20)13-6)4-5-8(18)14-10-15-16-12(21-3)22-10/h7H,4-5H2,1-3H3,(H,14,15,18). The summed E-state index contributed by atoms with van der Waals surface area (Å²) in [7, 11) is 1.39. The number of anilines is 1. The Bertz CT molecular complexity index is 642. The van der Waals surface area contributed by atoms with E-state index in [4.69, 9.17) is 0 Å². The highest BCUT2D eigenvalue weighted by Crippen LogP contribution is 2.24. The Morgan fingerprint density at radius 3 is 2.77 bits per heavy atom. The van der Waals surface area contributed by atoms with E-state index >= 15 is 0 Å². The fourth-order valence-electron chi connectivity index (χ4n) is 1.94. The quantitative estimate of drug-likeness (QED) is 0.645. The first-order valence-electron chi connectivity index (χ1n) is 6.46. The van der Waals surface area contributed by atoms with Crippen molar-refractivity contribution < 1.29 is 14.4 Å². The highest BCUT2D eigenvalue weighted by Gasteiger charge is 2.33. The van der Waals surface area contributed by atoms with Crippen molar-refractivity contribution in [2.75, 3.05) is 18.6 Å². The van der Waals surface area contributed by atoms with E-state index in [1.54, 1.807) is 6.92 Å². The molecule has 1 atom stereocenters. The van der Waals surface area contributed by atoms with E-state index < -0.39 is 11.9 Å². The lowest BCUT2D eigenvalue weighted by Crippen LogP contribution is -2.43. The molecule has 4 amide bonds. The molecular formula is C12H15N5O3S2. The van der Waals surface area contributed by atoms with Gasteiger partial charge in [-0.05, 0) is 19.6 Å². The van der Waals surface area contributed by atoms with Gasteiger partial charge in [0, 0.05) is 19.2 Å². The first-order chi connectivity index (χ1) is 10.4. The summed E-state index contributed by atoms with van der Waals surface area (Å²) in [4.78, 5) is 40.1. The molecule has 2 heterocycles. The van der Waals surface area contributed by atoms with Gasteiger partial charge in [0.15, 0.2) is 4.34 Å². The van der Waals surface area contributed by atoms with Crippen LogP contribution in [0.1, 0.15) is 19.8 Å². The number of hydrogen-bond acceptors (Lipinski definition) is 7. The highest BCUT2D eigenvalue weighted by molar-refractivity contribution is 8.00. The number of urea groups is 1. The minimum atomic E-state index is -0.568. The number of amides is 4. The van der Waals surface area contributed by atoms with Crippen LogP contribution in [0.25, 0.3) is 0 Å². The van der Waals surface area contributed by atoms with E-state index in [9.17, 15) is 14.4 Å². The molecule has 22 heavy (non-hydrogen) atoms. The Kier molecular flexibility index (Phi) is 5.24. The Hall–Kier alpha value is -1.81. The van der Waals surface area contributed by atoms with Crippen molar-refractivity contribution in [2.45, 2.75) is 24.1 Å². The molecule has 2 rings (SSSR count). The van der Waals surface area contributed by atoms with Crippen LogP contribution in [0.3, 0.4) is 0 Å². The molecule has 1 unspecified atom stereocenters. The molecule has 1 aliphatic heterocycles. The van der Waals surface area contributed by atoms with Gasteiger partial charge in [0.2, 0.25) is 16.9 Å². The van der Waals surface area contributed by atoms with E-state index in [0.29, 0.717) is 17.3 Å². The molecule has 10 heteroatoms. The molecule has 0 aromatic carbocycles. The third kappa shape index (κ3) is 3.69. The zero-order valence-electron chi connectivity index (χ0n) is 12.3. The smallest absolute Gasteiger partial charge is 0.301 e. The van der Waals surface area contributed by atoms with Crippen LogP contribution >= 0.6 is 23.1 Å². The highest BCUT2D eigenvalue weighted by atomic mass is 32.2. The molecule has 1 aliphatic rings. The van der Waals surface area contributed by atoms with Gasteiger partial charge < -0.3 is 5.32 Å².